The van der Waals surface area contributed by atoms with Crippen molar-refractivity contribution in [2.24, 2.45) is 12.9 Å². The number of methoxy groups -OCH3 is 1. The van der Waals surface area contributed by atoms with Crippen molar-refractivity contribution in [2.45, 2.75) is 0 Å². The second kappa shape index (κ2) is 4.89. The van der Waals surface area contributed by atoms with E-state index < -0.39 is 0 Å². The molecule has 2 aromatic rings. The lowest BCUT2D eigenvalue weighted by molar-refractivity contribution is 0.0953. The van der Waals surface area contributed by atoms with Gasteiger partial charge in [0.15, 0.2) is 0 Å². The smallest absolute Gasteiger partial charge is 0.265 e. The maximum Gasteiger partial charge on any atom is 0.265 e. The largest absolute Gasteiger partial charge is 0.496 e. The predicted molar refractivity (Wildman–Crippen MR) is 66.8 cm³/mol. The molecule has 6 nitrogen and oxygen atoms in total. The summed E-state index contributed by atoms with van der Waals surface area (Å²) in [7, 11) is 3.39. The minimum Gasteiger partial charge on any atom is -0.496 e. The Morgan fingerprint density at radius 2 is 2.28 bits per heavy atom. The summed E-state index contributed by atoms with van der Waals surface area (Å²) in [6.45, 7) is 0. The molecule has 18 heavy (non-hydrogen) atoms. The van der Waals surface area contributed by atoms with Crippen molar-refractivity contribution in [1.29, 1.82) is 0 Å². The first-order chi connectivity index (χ1) is 8.65. The van der Waals surface area contributed by atoms with Crippen molar-refractivity contribution >= 4 is 5.91 Å². The number of hydrogen-bond acceptors (Lipinski definition) is 4. The van der Waals surface area contributed by atoms with Gasteiger partial charge in [-0.05, 0) is 18.2 Å². The van der Waals surface area contributed by atoms with Crippen molar-refractivity contribution in [3.63, 3.8) is 0 Å². The van der Waals surface area contributed by atoms with Crippen molar-refractivity contribution < 1.29 is 9.53 Å². The molecule has 0 radical (unpaired) electrons. The highest BCUT2D eigenvalue weighted by Gasteiger charge is 2.11. The molecular formula is C12H14N4O2. The third kappa shape index (κ3) is 2.18. The van der Waals surface area contributed by atoms with Crippen LogP contribution in [-0.4, -0.2) is 22.8 Å². The highest BCUT2D eigenvalue weighted by molar-refractivity contribution is 5.95. The van der Waals surface area contributed by atoms with Gasteiger partial charge >= 0.3 is 0 Å². The van der Waals surface area contributed by atoms with Crippen LogP contribution in [0.5, 0.6) is 5.75 Å². The average Bonchev–Trinajstić information content (AvgIpc) is 2.83. The number of aromatic nitrogens is 2. The third-order valence-corrected chi connectivity index (χ3v) is 2.61. The quantitative estimate of drug-likeness (QED) is 0.474. The molecule has 6 heteroatoms. The van der Waals surface area contributed by atoms with Gasteiger partial charge < -0.3 is 4.74 Å². The Morgan fingerprint density at radius 3 is 2.83 bits per heavy atom. The van der Waals surface area contributed by atoms with Crippen LogP contribution in [0.1, 0.15) is 10.4 Å². The first-order valence-electron chi connectivity index (χ1n) is 5.33. The number of nitrogens with zero attached hydrogens (tertiary/aromatic N) is 2. The fourth-order valence-electron chi connectivity index (χ4n) is 1.71. The van der Waals surface area contributed by atoms with Crippen LogP contribution < -0.4 is 16.0 Å². The van der Waals surface area contributed by atoms with Crippen LogP contribution in [0.15, 0.2) is 30.6 Å². The van der Waals surface area contributed by atoms with E-state index in [1.165, 1.54) is 0 Å². The van der Waals surface area contributed by atoms with E-state index in [9.17, 15) is 4.79 Å². The molecule has 0 fully saturated rings. The molecular weight excluding hydrogens is 232 g/mol. The Labute approximate surface area is 104 Å². The summed E-state index contributed by atoms with van der Waals surface area (Å²) < 4.78 is 6.99. The molecule has 0 aliphatic rings. The molecule has 1 heterocycles. The Bertz CT molecular complexity index is 577. The van der Waals surface area contributed by atoms with Crippen LogP contribution in [0, 0.1) is 0 Å². The summed E-state index contributed by atoms with van der Waals surface area (Å²) in [5, 5.41) is 4.10. The van der Waals surface area contributed by atoms with E-state index in [1.54, 1.807) is 36.2 Å². The lowest BCUT2D eigenvalue weighted by atomic mass is 10.1. The normalized spacial score (nSPS) is 10.2. The van der Waals surface area contributed by atoms with E-state index in [0.29, 0.717) is 11.3 Å². The summed E-state index contributed by atoms with van der Waals surface area (Å²) in [5.74, 6) is 5.34. The number of amides is 1. The number of nitrogen functional groups attached to an aromatic ring is 1. The number of ether oxygens (including phenoxy) is 1. The number of nitrogens with one attached hydrogen (secondary N) is 1. The van der Waals surface area contributed by atoms with E-state index in [1.807, 2.05) is 13.2 Å². The molecule has 0 aliphatic carbocycles. The summed E-state index contributed by atoms with van der Waals surface area (Å²) in [6, 6.07) is 5.14. The highest BCUT2D eigenvalue weighted by Crippen LogP contribution is 2.30. The van der Waals surface area contributed by atoms with Crippen molar-refractivity contribution in [1.82, 2.24) is 15.2 Å². The molecule has 0 spiro atoms. The number of carbonyl (C=O) groups excluding carboxylic acids is 1. The van der Waals surface area contributed by atoms with Gasteiger partial charge in [-0.1, -0.05) is 0 Å². The zero-order chi connectivity index (χ0) is 13.1. The summed E-state index contributed by atoms with van der Waals surface area (Å²) in [4.78, 5) is 11.4. The van der Waals surface area contributed by atoms with Crippen LogP contribution >= 0.6 is 0 Å². The minimum absolute atomic E-state index is 0.356. The zero-order valence-corrected chi connectivity index (χ0v) is 10.2. The zero-order valence-electron chi connectivity index (χ0n) is 10.2. The third-order valence-electron chi connectivity index (χ3n) is 2.61. The predicted octanol–water partition coefficient (Wildman–Crippen LogP) is 0.699. The van der Waals surface area contributed by atoms with Crippen LogP contribution in [0.3, 0.4) is 0 Å². The molecule has 0 saturated carbocycles. The van der Waals surface area contributed by atoms with Crippen LogP contribution in [0.4, 0.5) is 0 Å². The van der Waals surface area contributed by atoms with Gasteiger partial charge in [-0.25, -0.2) is 5.84 Å². The van der Waals surface area contributed by atoms with E-state index >= 15 is 0 Å². The minimum atomic E-state index is -0.356. The van der Waals surface area contributed by atoms with Crippen LogP contribution in [-0.2, 0) is 7.05 Å². The SMILES string of the molecule is COc1cc(C(=O)NN)ccc1-c1cnn(C)c1. The summed E-state index contributed by atoms with van der Waals surface area (Å²) in [5.41, 5.74) is 4.33. The topological polar surface area (TPSA) is 82.2 Å². The molecule has 0 aliphatic heterocycles. The van der Waals surface area contributed by atoms with E-state index in [4.69, 9.17) is 10.6 Å². The molecule has 1 amide bonds. The second-order valence-corrected chi connectivity index (χ2v) is 3.79. The molecule has 1 aromatic carbocycles. The van der Waals surface area contributed by atoms with Gasteiger partial charge in [0.2, 0.25) is 0 Å². The molecule has 0 atom stereocenters. The van der Waals surface area contributed by atoms with E-state index in [0.717, 1.165) is 11.1 Å². The molecule has 0 unspecified atom stereocenters. The summed E-state index contributed by atoms with van der Waals surface area (Å²) >= 11 is 0. The van der Waals surface area contributed by atoms with E-state index in [2.05, 4.69) is 10.5 Å². The number of hydrazine groups is 1. The fourth-order valence-corrected chi connectivity index (χ4v) is 1.71. The number of rotatable bonds is 3. The molecule has 94 valence electrons. The maximum atomic E-state index is 11.4. The van der Waals surface area contributed by atoms with Crippen molar-refractivity contribution in [2.75, 3.05) is 7.11 Å². The van der Waals surface area contributed by atoms with Crippen LogP contribution in [0.25, 0.3) is 11.1 Å². The standard InChI is InChI=1S/C12H14N4O2/c1-16-7-9(6-14-16)10-4-3-8(12(17)15-13)5-11(10)18-2/h3-7H,13H2,1-2H3,(H,15,17). The Morgan fingerprint density at radius 1 is 1.50 bits per heavy atom. The fraction of sp³-hybridized carbons (Fsp3) is 0.167. The van der Waals surface area contributed by atoms with Gasteiger partial charge in [-0.15, -0.1) is 0 Å². The number of hydrogen-bond donors (Lipinski definition) is 2. The molecule has 1 aromatic heterocycles. The van der Waals surface area contributed by atoms with Gasteiger partial charge in [0.05, 0.1) is 13.3 Å². The van der Waals surface area contributed by atoms with Gasteiger partial charge in [0.1, 0.15) is 5.75 Å². The van der Waals surface area contributed by atoms with Gasteiger partial charge in [0.25, 0.3) is 5.91 Å². The monoisotopic (exact) mass is 246 g/mol. The second-order valence-electron chi connectivity index (χ2n) is 3.79. The van der Waals surface area contributed by atoms with Crippen LogP contribution in [0.2, 0.25) is 0 Å². The Balaban J connectivity index is 2.46. The van der Waals surface area contributed by atoms with Gasteiger partial charge in [0, 0.05) is 29.9 Å². The van der Waals surface area contributed by atoms with Gasteiger partial charge in [-0.3, -0.25) is 14.9 Å². The van der Waals surface area contributed by atoms with Gasteiger partial charge in [-0.2, -0.15) is 5.10 Å². The molecule has 0 bridgehead atoms. The lowest BCUT2D eigenvalue weighted by Gasteiger charge is -2.08. The Kier molecular flexibility index (Phi) is 3.29. The number of benzene rings is 1. The first-order valence-corrected chi connectivity index (χ1v) is 5.33. The lowest BCUT2D eigenvalue weighted by Crippen LogP contribution is -2.29. The summed E-state index contributed by atoms with van der Waals surface area (Å²) in [6.07, 6.45) is 3.61. The molecule has 3 N–H and O–H groups in total. The average molecular weight is 246 g/mol. The number of carbonyl (C=O) groups is 1. The molecule has 2 rings (SSSR count). The highest BCUT2D eigenvalue weighted by atomic mass is 16.5. The van der Waals surface area contributed by atoms with E-state index in [-0.39, 0.29) is 5.91 Å². The van der Waals surface area contributed by atoms with Crippen molar-refractivity contribution in [3.8, 4) is 16.9 Å². The maximum absolute atomic E-state index is 11.4. The number of aryl methyl sites for hydroxylation is 1. The Hall–Kier alpha value is -2.34. The number of nitrogens with two attached hydrogens (primary N) is 1. The first kappa shape index (κ1) is 12.1. The van der Waals surface area contributed by atoms with Crippen molar-refractivity contribution in [3.05, 3.63) is 36.2 Å². The molecule has 0 saturated heterocycles.